The highest BCUT2D eigenvalue weighted by Gasteiger charge is 2.15. The van der Waals surface area contributed by atoms with E-state index in [0.717, 1.165) is 21.9 Å². The van der Waals surface area contributed by atoms with Crippen LogP contribution >= 0.6 is 0 Å². The van der Waals surface area contributed by atoms with Crippen molar-refractivity contribution in [2.45, 2.75) is 13.5 Å². The van der Waals surface area contributed by atoms with Gasteiger partial charge in [-0.05, 0) is 30.7 Å². The van der Waals surface area contributed by atoms with E-state index in [2.05, 4.69) is 10.3 Å². The molecule has 5 aromatic rings. The number of benzene rings is 3. The molecule has 154 valence electrons. The van der Waals surface area contributed by atoms with E-state index in [1.165, 1.54) is 10.9 Å². The van der Waals surface area contributed by atoms with E-state index >= 15 is 0 Å². The lowest BCUT2D eigenvalue weighted by Gasteiger charge is -2.11. The first-order chi connectivity index (χ1) is 15.0. The molecular formula is C24H19N3O4. The summed E-state index contributed by atoms with van der Waals surface area (Å²) in [5.74, 6) is 0.136. The number of aryl methyl sites for hydroxylation is 1. The Hall–Kier alpha value is -4.13. The van der Waals surface area contributed by atoms with E-state index in [1.54, 1.807) is 25.3 Å². The number of ether oxygens (including phenoxy) is 1. The first kappa shape index (κ1) is 18.9. The Morgan fingerprint density at radius 2 is 1.87 bits per heavy atom. The van der Waals surface area contributed by atoms with Crippen LogP contribution in [0.4, 0.5) is 5.69 Å². The summed E-state index contributed by atoms with van der Waals surface area (Å²) in [6, 6.07) is 16.7. The predicted molar refractivity (Wildman–Crippen MR) is 120 cm³/mol. The first-order valence-electron chi connectivity index (χ1n) is 9.79. The number of nitrogens with zero attached hydrogens (tertiary/aromatic N) is 2. The van der Waals surface area contributed by atoms with Crippen molar-refractivity contribution < 1.29 is 13.9 Å². The third-order valence-electron chi connectivity index (χ3n) is 5.34. The molecule has 3 aromatic carbocycles. The second-order valence-corrected chi connectivity index (χ2v) is 7.34. The molecule has 0 radical (unpaired) electrons. The number of nitrogens with one attached hydrogen (secondary N) is 1. The smallest absolute Gasteiger partial charge is 0.261 e. The Bertz CT molecular complexity index is 1530. The summed E-state index contributed by atoms with van der Waals surface area (Å²) in [4.78, 5) is 29.8. The number of rotatable bonds is 4. The molecule has 7 nitrogen and oxygen atoms in total. The number of anilines is 1. The fraction of sp³-hybridized carbons (Fsp3) is 0.125. The number of hydrogen-bond donors (Lipinski definition) is 1. The fourth-order valence-electron chi connectivity index (χ4n) is 3.81. The van der Waals surface area contributed by atoms with Gasteiger partial charge in [-0.2, -0.15) is 0 Å². The second-order valence-electron chi connectivity index (χ2n) is 7.34. The Morgan fingerprint density at radius 1 is 1.06 bits per heavy atom. The van der Waals surface area contributed by atoms with Gasteiger partial charge in [0.2, 0.25) is 5.91 Å². The third-order valence-corrected chi connectivity index (χ3v) is 5.34. The van der Waals surface area contributed by atoms with E-state index in [9.17, 15) is 9.59 Å². The van der Waals surface area contributed by atoms with Gasteiger partial charge >= 0.3 is 0 Å². The van der Waals surface area contributed by atoms with Crippen molar-refractivity contribution >= 4 is 44.4 Å². The first-order valence-corrected chi connectivity index (χ1v) is 9.79. The van der Waals surface area contributed by atoms with Gasteiger partial charge in [-0.25, -0.2) is 4.98 Å². The molecule has 1 amide bonds. The van der Waals surface area contributed by atoms with Crippen LogP contribution in [0.25, 0.3) is 32.8 Å². The van der Waals surface area contributed by atoms with E-state index in [0.29, 0.717) is 27.9 Å². The van der Waals surface area contributed by atoms with Crippen LogP contribution in [0.15, 0.2) is 70.1 Å². The van der Waals surface area contributed by atoms with Crippen LogP contribution in [0, 0.1) is 6.92 Å². The number of para-hydroxylation sites is 2. The molecule has 0 aliphatic rings. The molecule has 0 unspecified atom stereocenters. The highest BCUT2D eigenvalue weighted by molar-refractivity contribution is 6.07. The number of amides is 1. The second kappa shape index (κ2) is 7.28. The molecular weight excluding hydrogens is 394 g/mol. The molecule has 0 atom stereocenters. The fourth-order valence-corrected chi connectivity index (χ4v) is 3.81. The van der Waals surface area contributed by atoms with Crippen molar-refractivity contribution in [3.8, 4) is 5.75 Å². The number of fused-ring (bicyclic) bond motifs is 4. The summed E-state index contributed by atoms with van der Waals surface area (Å²) in [6.45, 7) is 1.73. The average molecular weight is 413 g/mol. The monoisotopic (exact) mass is 413 g/mol. The minimum absolute atomic E-state index is 0.170. The van der Waals surface area contributed by atoms with Gasteiger partial charge in [0.15, 0.2) is 0 Å². The largest absolute Gasteiger partial charge is 0.495 e. The number of carbonyl (C=O) groups is 1. The maximum atomic E-state index is 12.8. The Labute approximate surface area is 176 Å². The standard InChI is InChI=1S/C24H19N3O4/c1-14-6-5-8-16-23(14)25-13-27(24(16)29)12-22(28)26-18-11-20-17(10-21(18)30-2)15-7-3-4-9-19(15)31-20/h3-11,13H,12H2,1-2H3,(H,26,28). The molecule has 0 aliphatic heterocycles. The zero-order chi connectivity index (χ0) is 21.5. The molecule has 0 fully saturated rings. The van der Waals surface area contributed by atoms with Crippen molar-refractivity contribution in [1.82, 2.24) is 9.55 Å². The van der Waals surface area contributed by atoms with Crippen LogP contribution in [-0.2, 0) is 11.3 Å². The van der Waals surface area contributed by atoms with E-state index < -0.39 is 0 Å². The minimum atomic E-state index is -0.371. The normalized spacial score (nSPS) is 11.3. The Kier molecular flexibility index (Phi) is 4.43. The predicted octanol–water partition coefficient (Wildman–Crippen LogP) is 4.25. The van der Waals surface area contributed by atoms with Crippen LogP contribution in [0.3, 0.4) is 0 Å². The molecule has 0 saturated carbocycles. The molecule has 1 N–H and O–H groups in total. The molecule has 0 spiro atoms. The summed E-state index contributed by atoms with van der Waals surface area (Å²) in [5.41, 5.74) is 3.15. The minimum Gasteiger partial charge on any atom is -0.495 e. The summed E-state index contributed by atoms with van der Waals surface area (Å²) in [6.07, 6.45) is 1.40. The zero-order valence-corrected chi connectivity index (χ0v) is 17.0. The van der Waals surface area contributed by atoms with Gasteiger partial charge in [-0.15, -0.1) is 0 Å². The lowest BCUT2D eigenvalue weighted by Crippen LogP contribution is -2.28. The van der Waals surface area contributed by atoms with E-state index in [1.807, 2.05) is 43.3 Å². The number of aromatic nitrogens is 2. The number of carbonyl (C=O) groups excluding carboxylic acids is 1. The van der Waals surface area contributed by atoms with Gasteiger partial charge in [-0.3, -0.25) is 14.2 Å². The van der Waals surface area contributed by atoms with E-state index in [-0.39, 0.29) is 18.0 Å². The summed E-state index contributed by atoms with van der Waals surface area (Å²) in [5, 5.41) is 5.17. The summed E-state index contributed by atoms with van der Waals surface area (Å²) >= 11 is 0. The molecule has 0 bridgehead atoms. The number of hydrogen-bond acceptors (Lipinski definition) is 5. The van der Waals surface area contributed by atoms with Gasteiger partial charge in [0.1, 0.15) is 23.5 Å². The molecule has 7 heteroatoms. The molecule has 5 rings (SSSR count). The summed E-state index contributed by atoms with van der Waals surface area (Å²) < 4.78 is 12.7. The lowest BCUT2D eigenvalue weighted by molar-refractivity contribution is -0.116. The number of methoxy groups -OCH3 is 1. The quantitative estimate of drug-likeness (QED) is 0.476. The molecule has 0 saturated heterocycles. The third kappa shape index (κ3) is 3.20. The van der Waals surface area contributed by atoms with Gasteiger partial charge in [0.25, 0.3) is 5.56 Å². The highest BCUT2D eigenvalue weighted by Crippen LogP contribution is 2.36. The molecule has 0 aliphatic carbocycles. The maximum Gasteiger partial charge on any atom is 0.261 e. The van der Waals surface area contributed by atoms with Crippen LogP contribution in [-0.4, -0.2) is 22.6 Å². The molecule has 2 heterocycles. The van der Waals surface area contributed by atoms with Crippen LogP contribution < -0.4 is 15.6 Å². The van der Waals surface area contributed by atoms with Crippen molar-refractivity contribution in [1.29, 1.82) is 0 Å². The summed E-state index contributed by atoms with van der Waals surface area (Å²) in [7, 11) is 1.54. The van der Waals surface area contributed by atoms with Gasteiger partial charge in [-0.1, -0.05) is 30.3 Å². The zero-order valence-electron chi connectivity index (χ0n) is 17.0. The SMILES string of the molecule is COc1cc2c(cc1NC(=O)Cn1cnc3c(C)cccc3c1=O)oc1ccccc12. The van der Waals surface area contributed by atoms with Crippen molar-refractivity contribution in [2.75, 3.05) is 12.4 Å². The van der Waals surface area contributed by atoms with Crippen molar-refractivity contribution in [2.24, 2.45) is 0 Å². The van der Waals surface area contributed by atoms with Crippen molar-refractivity contribution in [3.63, 3.8) is 0 Å². The van der Waals surface area contributed by atoms with Crippen molar-refractivity contribution in [3.05, 3.63) is 76.8 Å². The topological polar surface area (TPSA) is 86.4 Å². The highest BCUT2D eigenvalue weighted by atomic mass is 16.5. The molecule has 2 aromatic heterocycles. The van der Waals surface area contributed by atoms with Gasteiger partial charge in [0.05, 0.1) is 30.0 Å². The van der Waals surface area contributed by atoms with E-state index in [4.69, 9.17) is 9.15 Å². The number of furan rings is 1. The Morgan fingerprint density at radius 3 is 2.71 bits per heavy atom. The van der Waals surface area contributed by atoms with Crippen LogP contribution in [0.2, 0.25) is 0 Å². The van der Waals surface area contributed by atoms with Crippen LogP contribution in [0.5, 0.6) is 5.75 Å². The van der Waals surface area contributed by atoms with Crippen LogP contribution in [0.1, 0.15) is 5.56 Å². The average Bonchev–Trinajstić information content (AvgIpc) is 3.13. The molecule has 31 heavy (non-hydrogen) atoms. The Balaban J connectivity index is 1.47. The van der Waals surface area contributed by atoms with Gasteiger partial charge < -0.3 is 14.5 Å². The van der Waals surface area contributed by atoms with Gasteiger partial charge in [0, 0.05) is 16.8 Å². The maximum absolute atomic E-state index is 12.8. The lowest BCUT2D eigenvalue weighted by atomic mass is 10.1.